The fraction of sp³-hybridized carbons (Fsp3) is 1.00. The van der Waals surface area contributed by atoms with Crippen LogP contribution in [0.25, 0.3) is 0 Å². The highest BCUT2D eigenvalue weighted by molar-refractivity contribution is 5.18. The molecule has 0 aromatic heterocycles. The van der Waals surface area contributed by atoms with Gasteiger partial charge in [-0.1, -0.05) is 6.92 Å². The largest absolute Gasteiger partial charge is 0.309 e. The average molecular weight is 208 g/mol. The molecule has 4 fully saturated rings. The number of hydrogen-bond acceptors (Lipinski definition) is 2. The zero-order chi connectivity index (χ0) is 10.5. The number of hydrogen-bond donors (Lipinski definition) is 1. The fourth-order valence-corrected chi connectivity index (χ4v) is 3.78. The van der Waals surface area contributed by atoms with Gasteiger partial charge in [0.05, 0.1) is 0 Å². The van der Waals surface area contributed by atoms with Crippen LogP contribution in [0.2, 0.25) is 0 Å². The molecule has 3 heterocycles. The maximum atomic E-state index is 3.91. The van der Waals surface area contributed by atoms with Crippen LogP contribution in [0.15, 0.2) is 0 Å². The first-order valence-electron chi connectivity index (χ1n) is 6.77. The van der Waals surface area contributed by atoms with E-state index < -0.39 is 0 Å². The lowest BCUT2D eigenvalue weighted by Crippen LogP contribution is -2.65. The molecule has 2 unspecified atom stereocenters. The number of fused-ring (bicyclic) bond motifs is 2. The van der Waals surface area contributed by atoms with Crippen LogP contribution in [-0.4, -0.2) is 35.6 Å². The van der Waals surface area contributed by atoms with E-state index in [-0.39, 0.29) is 0 Å². The molecule has 2 bridgehead atoms. The highest BCUT2D eigenvalue weighted by Crippen LogP contribution is 2.53. The van der Waals surface area contributed by atoms with Gasteiger partial charge in [-0.15, -0.1) is 0 Å². The molecule has 15 heavy (non-hydrogen) atoms. The van der Waals surface area contributed by atoms with Crippen LogP contribution in [0.5, 0.6) is 0 Å². The molecule has 0 aromatic carbocycles. The molecule has 3 saturated heterocycles. The van der Waals surface area contributed by atoms with E-state index in [0.717, 1.165) is 12.0 Å². The van der Waals surface area contributed by atoms with E-state index in [1.54, 1.807) is 0 Å². The minimum absolute atomic E-state index is 0.616. The molecule has 0 amide bonds. The number of nitrogens with zero attached hydrogens (tertiary/aromatic N) is 1. The van der Waals surface area contributed by atoms with Gasteiger partial charge in [0, 0.05) is 17.6 Å². The van der Waals surface area contributed by atoms with Gasteiger partial charge in [-0.3, -0.25) is 4.90 Å². The van der Waals surface area contributed by atoms with E-state index in [4.69, 9.17) is 0 Å². The van der Waals surface area contributed by atoms with Crippen LogP contribution in [0, 0.1) is 5.92 Å². The Morgan fingerprint density at radius 1 is 1.33 bits per heavy atom. The minimum atomic E-state index is 0.616. The van der Waals surface area contributed by atoms with Crippen LogP contribution in [0.4, 0.5) is 0 Å². The number of piperidine rings is 3. The molecule has 4 aliphatic rings. The lowest BCUT2D eigenvalue weighted by atomic mass is 9.76. The third kappa shape index (κ3) is 1.45. The van der Waals surface area contributed by atoms with Crippen molar-refractivity contribution in [2.75, 3.05) is 13.1 Å². The van der Waals surface area contributed by atoms with Crippen LogP contribution in [0.3, 0.4) is 0 Å². The molecular formula is C13H24N2. The zero-order valence-corrected chi connectivity index (χ0v) is 10.1. The van der Waals surface area contributed by atoms with Crippen LogP contribution in [0.1, 0.15) is 46.0 Å². The summed E-state index contributed by atoms with van der Waals surface area (Å²) in [5.41, 5.74) is 0.616. The van der Waals surface area contributed by atoms with Crippen LogP contribution in [-0.2, 0) is 0 Å². The number of rotatable bonds is 3. The Morgan fingerprint density at radius 3 is 2.53 bits per heavy atom. The summed E-state index contributed by atoms with van der Waals surface area (Å²) >= 11 is 0. The second kappa shape index (κ2) is 3.46. The SMILES string of the molecule is CCC(C)NC1C2CCN(CC2)C12CC2. The van der Waals surface area contributed by atoms with Crippen molar-refractivity contribution in [3.63, 3.8) is 0 Å². The van der Waals surface area contributed by atoms with Gasteiger partial charge in [-0.25, -0.2) is 0 Å². The summed E-state index contributed by atoms with van der Waals surface area (Å²) in [6, 6.07) is 1.52. The molecular weight excluding hydrogens is 184 g/mol. The molecule has 1 spiro atoms. The first-order valence-corrected chi connectivity index (χ1v) is 6.77. The second-order valence-electron chi connectivity index (χ2n) is 5.88. The van der Waals surface area contributed by atoms with Crippen LogP contribution >= 0.6 is 0 Å². The Kier molecular flexibility index (Phi) is 2.33. The van der Waals surface area contributed by atoms with Crippen molar-refractivity contribution >= 4 is 0 Å². The summed E-state index contributed by atoms with van der Waals surface area (Å²) < 4.78 is 0. The van der Waals surface area contributed by atoms with Gasteiger partial charge in [-0.05, 0) is 58.0 Å². The third-order valence-electron chi connectivity index (χ3n) is 5.06. The molecule has 86 valence electrons. The van der Waals surface area contributed by atoms with E-state index in [9.17, 15) is 0 Å². The third-order valence-corrected chi connectivity index (χ3v) is 5.06. The monoisotopic (exact) mass is 208 g/mol. The van der Waals surface area contributed by atoms with Gasteiger partial charge in [0.2, 0.25) is 0 Å². The van der Waals surface area contributed by atoms with E-state index in [1.165, 1.54) is 45.2 Å². The quantitative estimate of drug-likeness (QED) is 0.763. The van der Waals surface area contributed by atoms with Crippen molar-refractivity contribution in [1.82, 2.24) is 10.2 Å². The Morgan fingerprint density at radius 2 is 2.00 bits per heavy atom. The molecule has 0 aromatic rings. The smallest absolute Gasteiger partial charge is 0.0366 e. The van der Waals surface area contributed by atoms with E-state index in [0.29, 0.717) is 11.6 Å². The normalized spacial score (nSPS) is 43.2. The van der Waals surface area contributed by atoms with Gasteiger partial charge in [0.25, 0.3) is 0 Å². The predicted molar refractivity (Wildman–Crippen MR) is 62.9 cm³/mol. The van der Waals surface area contributed by atoms with Gasteiger partial charge >= 0.3 is 0 Å². The molecule has 0 radical (unpaired) electrons. The van der Waals surface area contributed by atoms with Crippen molar-refractivity contribution in [3.05, 3.63) is 0 Å². The molecule has 1 N–H and O–H groups in total. The first kappa shape index (κ1) is 10.1. The fourth-order valence-electron chi connectivity index (χ4n) is 3.78. The van der Waals surface area contributed by atoms with Crippen molar-refractivity contribution in [3.8, 4) is 0 Å². The summed E-state index contributed by atoms with van der Waals surface area (Å²) in [7, 11) is 0. The Hall–Kier alpha value is -0.0800. The summed E-state index contributed by atoms with van der Waals surface area (Å²) in [6.45, 7) is 7.39. The molecule has 1 saturated carbocycles. The Bertz CT molecular complexity index is 239. The summed E-state index contributed by atoms with van der Waals surface area (Å²) in [6.07, 6.45) is 7.06. The van der Waals surface area contributed by atoms with Crippen molar-refractivity contribution < 1.29 is 0 Å². The van der Waals surface area contributed by atoms with E-state index in [1.807, 2.05) is 0 Å². The average Bonchev–Trinajstić information content (AvgIpc) is 3.05. The Labute approximate surface area is 93.4 Å². The topological polar surface area (TPSA) is 15.3 Å². The van der Waals surface area contributed by atoms with Crippen molar-refractivity contribution in [2.24, 2.45) is 5.92 Å². The predicted octanol–water partition coefficient (Wildman–Crippen LogP) is 2.00. The summed E-state index contributed by atoms with van der Waals surface area (Å²) in [5.74, 6) is 0.978. The summed E-state index contributed by atoms with van der Waals surface area (Å²) in [5, 5.41) is 3.91. The lowest BCUT2D eigenvalue weighted by molar-refractivity contribution is -0.00656. The molecule has 2 atom stereocenters. The van der Waals surface area contributed by atoms with Crippen molar-refractivity contribution in [1.29, 1.82) is 0 Å². The summed E-state index contributed by atoms with van der Waals surface area (Å²) in [4.78, 5) is 2.78. The Balaban J connectivity index is 1.75. The minimum Gasteiger partial charge on any atom is -0.309 e. The molecule has 1 aliphatic carbocycles. The van der Waals surface area contributed by atoms with Gasteiger partial charge < -0.3 is 5.32 Å². The molecule has 3 aliphatic heterocycles. The molecule has 2 heteroatoms. The molecule has 4 rings (SSSR count). The molecule has 2 nitrogen and oxygen atoms in total. The maximum Gasteiger partial charge on any atom is 0.0366 e. The van der Waals surface area contributed by atoms with E-state index >= 15 is 0 Å². The second-order valence-corrected chi connectivity index (χ2v) is 5.88. The van der Waals surface area contributed by atoms with Crippen LogP contribution < -0.4 is 5.32 Å². The lowest BCUT2D eigenvalue weighted by Gasteiger charge is -2.53. The zero-order valence-electron chi connectivity index (χ0n) is 10.1. The highest BCUT2D eigenvalue weighted by atomic mass is 15.3. The van der Waals surface area contributed by atoms with Gasteiger partial charge in [-0.2, -0.15) is 0 Å². The number of nitrogens with one attached hydrogen (secondary N) is 1. The van der Waals surface area contributed by atoms with E-state index in [2.05, 4.69) is 24.1 Å². The standard InChI is InChI=1S/C13H24N2/c1-3-10(2)14-12-11-4-8-15(9-5-11)13(12)6-7-13/h10-12,14H,3-9H2,1-2H3. The van der Waals surface area contributed by atoms with Gasteiger partial charge in [0.15, 0.2) is 0 Å². The van der Waals surface area contributed by atoms with Gasteiger partial charge in [0.1, 0.15) is 0 Å². The first-order chi connectivity index (χ1) is 7.26. The maximum absolute atomic E-state index is 3.91. The highest BCUT2D eigenvalue weighted by Gasteiger charge is 2.60. The van der Waals surface area contributed by atoms with Crippen molar-refractivity contribution in [2.45, 2.75) is 63.6 Å².